The number of terminal acetylenes is 1. The standard InChI is InChI=1S/C12H15N3O2/c1-3-4-10(13)12(16)15-8-9-5-6-11(17-2)14-7-9/h1,5-7,10H,4,8,13H2,2H3,(H,15,16). The van der Waals surface area contributed by atoms with Crippen LogP contribution in [0, 0.1) is 12.3 Å². The van der Waals surface area contributed by atoms with Crippen LogP contribution in [0.5, 0.6) is 5.88 Å². The van der Waals surface area contributed by atoms with Crippen molar-refractivity contribution in [3.63, 3.8) is 0 Å². The molecule has 0 fully saturated rings. The number of carbonyl (C=O) groups excluding carboxylic acids is 1. The highest BCUT2D eigenvalue weighted by Crippen LogP contribution is 2.06. The Labute approximate surface area is 100 Å². The third-order valence-electron chi connectivity index (χ3n) is 2.15. The molecule has 0 radical (unpaired) electrons. The molecule has 3 N–H and O–H groups in total. The molecule has 1 aromatic rings. The number of methoxy groups -OCH3 is 1. The summed E-state index contributed by atoms with van der Waals surface area (Å²) < 4.78 is 4.92. The molecule has 1 aromatic heterocycles. The van der Waals surface area contributed by atoms with Gasteiger partial charge in [-0.25, -0.2) is 4.98 Å². The fourth-order valence-corrected chi connectivity index (χ4v) is 1.18. The smallest absolute Gasteiger partial charge is 0.238 e. The summed E-state index contributed by atoms with van der Waals surface area (Å²) in [5, 5.41) is 2.68. The van der Waals surface area contributed by atoms with Gasteiger partial charge in [0.1, 0.15) is 0 Å². The van der Waals surface area contributed by atoms with Gasteiger partial charge < -0.3 is 15.8 Å². The molecule has 1 amide bonds. The van der Waals surface area contributed by atoms with Crippen molar-refractivity contribution in [3.05, 3.63) is 23.9 Å². The molecule has 17 heavy (non-hydrogen) atoms. The summed E-state index contributed by atoms with van der Waals surface area (Å²) >= 11 is 0. The first-order chi connectivity index (χ1) is 8.17. The third kappa shape index (κ3) is 4.13. The number of carbonyl (C=O) groups is 1. The number of nitrogens with zero attached hydrogens (tertiary/aromatic N) is 1. The number of amides is 1. The highest BCUT2D eigenvalue weighted by molar-refractivity contribution is 5.81. The van der Waals surface area contributed by atoms with Gasteiger partial charge >= 0.3 is 0 Å². The molecule has 0 aromatic carbocycles. The van der Waals surface area contributed by atoms with E-state index in [0.717, 1.165) is 5.56 Å². The Bertz CT molecular complexity index is 409. The zero-order valence-corrected chi connectivity index (χ0v) is 9.64. The Morgan fingerprint density at radius 1 is 1.71 bits per heavy atom. The number of ether oxygens (including phenoxy) is 1. The quantitative estimate of drug-likeness (QED) is 0.705. The second-order valence-corrected chi connectivity index (χ2v) is 3.44. The number of aromatic nitrogens is 1. The van der Waals surface area contributed by atoms with Gasteiger partial charge in [-0.1, -0.05) is 6.07 Å². The van der Waals surface area contributed by atoms with Crippen molar-refractivity contribution in [1.82, 2.24) is 10.3 Å². The van der Waals surface area contributed by atoms with Crippen LogP contribution in [0.2, 0.25) is 0 Å². The van der Waals surface area contributed by atoms with Crippen LogP contribution < -0.4 is 15.8 Å². The Morgan fingerprint density at radius 3 is 3.00 bits per heavy atom. The van der Waals surface area contributed by atoms with Crippen molar-refractivity contribution in [2.45, 2.75) is 19.0 Å². The first-order valence-electron chi connectivity index (χ1n) is 5.13. The van der Waals surface area contributed by atoms with E-state index in [-0.39, 0.29) is 12.3 Å². The monoisotopic (exact) mass is 233 g/mol. The second-order valence-electron chi connectivity index (χ2n) is 3.44. The van der Waals surface area contributed by atoms with Crippen LogP contribution in [0.4, 0.5) is 0 Å². The molecule has 5 heteroatoms. The molecule has 0 aliphatic rings. The molecule has 1 atom stereocenters. The second kappa shape index (κ2) is 6.51. The van der Waals surface area contributed by atoms with Crippen molar-refractivity contribution in [1.29, 1.82) is 0 Å². The van der Waals surface area contributed by atoms with E-state index in [0.29, 0.717) is 12.4 Å². The highest BCUT2D eigenvalue weighted by Gasteiger charge is 2.11. The Kier molecular flexibility index (Phi) is 4.98. The van der Waals surface area contributed by atoms with Gasteiger partial charge in [0.2, 0.25) is 11.8 Å². The van der Waals surface area contributed by atoms with E-state index in [1.54, 1.807) is 19.4 Å². The number of nitrogens with one attached hydrogen (secondary N) is 1. The van der Waals surface area contributed by atoms with Crippen LogP contribution in [0.25, 0.3) is 0 Å². The summed E-state index contributed by atoms with van der Waals surface area (Å²) in [5.74, 6) is 2.61. The van der Waals surface area contributed by atoms with Crippen molar-refractivity contribution < 1.29 is 9.53 Å². The van der Waals surface area contributed by atoms with Gasteiger partial charge in [-0.05, 0) is 5.56 Å². The van der Waals surface area contributed by atoms with Crippen LogP contribution in [-0.2, 0) is 11.3 Å². The van der Waals surface area contributed by atoms with E-state index in [1.807, 2.05) is 6.07 Å². The van der Waals surface area contributed by atoms with E-state index in [2.05, 4.69) is 16.2 Å². The first kappa shape index (κ1) is 13.0. The molecule has 1 unspecified atom stereocenters. The van der Waals surface area contributed by atoms with Gasteiger partial charge in [-0.3, -0.25) is 4.79 Å². The summed E-state index contributed by atoms with van der Waals surface area (Å²) in [6.07, 6.45) is 6.93. The lowest BCUT2D eigenvalue weighted by atomic mass is 10.2. The maximum Gasteiger partial charge on any atom is 0.238 e. The summed E-state index contributed by atoms with van der Waals surface area (Å²) in [6.45, 7) is 0.369. The molecule has 5 nitrogen and oxygen atoms in total. The molecule has 0 spiro atoms. The predicted octanol–water partition coefficient (Wildman–Crippen LogP) is 0.0570. The summed E-state index contributed by atoms with van der Waals surface area (Å²) in [4.78, 5) is 15.5. The Hall–Kier alpha value is -2.06. The molecule has 0 bridgehead atoms. The van der Waals surface area contributed by atoms with Crippen molar-refractivity contribution in [3.8, 4) is 18.2 Å². The van der Waals surface area contributed by atoms with Gasteiger partial charge in [0.15, 0.2) is 0 Å². The minimum Gasteiger partial charge on any atom is -0.481 e. The fourth-order valence-electron chi connectivity index (χ4n) is 1.18. The van der Waals surface area contributed by atoms with Crippen LogP contribution in [0.3, 0.4) is 0 Å². The molecule has 90 valence electrons. The molecule has 1 rings (SSSR count). The van der Waals surface area contributed by atoms with Crippen LogP contribution in [-0.4, -0.2) is 24.0 Å². The molecular formula is C12H15N3O2. The van der Waals surface area contributed by atoms with E-state index in [4.69, 9.17) is 16.9 Å². The molecule has 0 saturated heterocycles. The van der Waals surface area contributed by atoms with E-state index < -0.39 is 6.04 Å². The maximum absolute atomic E-state index is 11.5. The number of hydrogen-bond donors (Lipinski definition) is 2. The van der Waals surface area contributed by atoms with Gasteiger partial charge in [0.25, 0.3) is 0 Å². The lowest BCUT2D eigenvalue weighted by molar-refractivity contribution is -0.122. The van der Waals surface area contributed by atoms with Gasteiger partial charge in [-0.15, -0.1) is 12.3 Å². The molecule has 0 saturated carbocycles. The zero-order valence-electron chi connectivity index (χ0n) is 9.64. The molecular weight excluding hydrogens is 218 g/mol. The number of rotatable bonds is 5. The lowest BCUT2D eigenvalue weighted by Crippen LogP contribution is -2.39. The van der Waals surface area contributed by atoms with E-state index in [1.165, 1.54) is 0 Å². The number of nitrogens with two attached hydrogens (primary N) is 1. The average Bonchev–Trinajstić information content (AvgIpc) is 2.36. The Balaban J connectivity index is 2.44. The minimum absolute atomic E-state index is 0.229. The van der Waals surface area contributed by atoms with E-state index >= 15 is 0 Å². The molecule has 0 aliphatic carbocycles. The fraction of sp³-hybridized carbons (Fsp3) is 0.333. The number of pyridine rings is 1. The Morgan fingerprint density at radius 2 is 2.47 bits per heavy atom. The van der Waals surface area contributed by atoms with Gasteiger partial charge in [0, 0.05) is 25.2 Å². The normalized spacial score (nSPS) is 11.4. The van der Waals surface area contributed by atoms with Crippen LogP contribution >= 0.6 is 0 Å². The largest absolute Gasteiger partial charge is 0.481 e. The average molecular weight is 233 g/mol. The minimum atomic E-state index is -0.661. The summed E-state index contributed by atoms with van der Waals surface area (Å²) in [7, 11) is 1.54. The third-order valence-corrected chi connectivity index (χ3v) is 2.15. The topological polar surface area (TPSA) is 77.2 Å². The number of hydrogen-bond acceptors (Lipinski definition) is 4. The van der Waals surface area contributed by atoms with Crippen molar-refractivity contribution in [2.24, 2.45) is 5.73 Å². The van der Waals surface area contributed by atoms with E-state index in [9.17, 15) is 4.79 Å². The lowest BCUT2D eigenvalue weighted by Gasteiger charge is -2.09. The first-order valence-corrected chi connectivity index (χ1v) is 5.13. The van der Waals surface area contributed by atoms with Crippen LogP contribution in [0.15, 0.2) is 18.3 Å². The van der Waals surface area contributed by atoms with Crippen molar-refractivity contribution >= 4 is 5.91 Å². The van der Waals surface area contributed by atoms with Gasteiger partial charge in [-0.2, -0.15) is 0 Å². The molecule has 1 heterocycles. The SMILES string of the molecule is C#CCC(N)C(=O)NCc1ccc(OC)nc1. The highest BCUT2D eigenvalue weighted by atomic mass is 16.5. The van der Waals surface area contributed by atoms with Crippen LogP contribution in [0.1, 0.15) is 12.0 Å². The van der Waals surface area contributed by atoms with Crippen molar-refractivity contribution in [2.75, 3.05) is 7.11 Å². The predicted molar refractivity (Wildman–Crippen MR) is 64.1 cm³/mol. The zero-order chi connectivity index (χ0) is 12.7. The molecule has 0 aliphatic heterocycles. The maximum atomic E-state index is 11.5. The summed E-state index contributed by atoms with van der Waals surface area (Å²) in [5.41, 5.74) is 6.42. The summed E-state index contributed by atoms with van der Waals surface area (Å²) in [6, 6.07) is 2.88. The van der Waals surface area contributed by atoms with Gasteiger partial charge in [0.05, 0.1) is 13.2 Å².